The fourth-order valence-electron chi connectivity index (χ4n) is 7.91. The summed E-state index contributed by atoms with van der Waals surface area (Å²) in [6, 6.07) is 10.2. The van der Waals surface area contributed by atoms with Gasteiger partial charge in [-0.25, -0.2) is 4.79 Å². The van der Waals surface area contributed by atoms with Crippen molar-refractivity contribution in [3.05, 3.63) is 76.0 Å². The number of benzene rings is 3. The van der Waals surface area contributed by atoms with Crippen LogP contribution in [0.4, 0.5) is 0 Å². The molecule has 15 unspecified atom stereocenters. The first-order chi connectivity index (χ1) is 32.4. The second-order valence-corrected chi connectivity index (χ2v) is 16.0. The molecule has 0 radical (unpaired) electrons. The van der Waals surface area contributed by atoms with Crippen LogP contribution in [0.1, 0.15) is 17.2 Å². The van der Waals surface area contributed by atoms with Crippen molar-refractivity contribution in [1.29, 1.82) is 0 Å². The number of phenols is 3. The van der Waals surface area contributed by atoms with E-state index >= 15 is 0 Å². The lowest BCUT2D eigenvalue weighted by molar-refractivity contribution is -0.342. The van der Waals surface area contributed by atoms with Crippen molar-refractivity contribution in [2.24, 2.45) is 0 Å². The van der Waals surface area contributed by atoms with Gasteiger partial charge in [-0.15, -0.1) is 0 Å². The number of aromatic hydroxyl groups is 3. The Morgan fingerprint density at radius 2 is 1.29 bits per heavy atom. The fraction of sp³-hybridized carbons (Fsp3) is 0.455. The standard InChI is InChI=1S/C44H50O24/c1-60-23-9-16(3-6-18(23)47)4-8-29(50)62-15-28-34(53)37(56)40(59)44(67-28)68-42-38(57)33(52)26(13-45)64-41(42)31-20(49)12-25-30(35(31)54)19(48)11-22(63-25)17-5-7-21(24(10-17)61-2)65-43-39(58)36(55)32(51)27(14-46)66-43/h3-12,26-28,32-34,36-47,49,51-59H,13-15H2,1-2H3/b8-4+. The molecule has 4 heterocycles. The number of hydrogen-bond acceptors (Lipinski definition) is 24. The average molecular weight is 963 g/mol. The lowest BCUT2D eigenvalue weighted by Crippen LogP contribution is -2.63. The van der Waals surface area contributed by atoms with Gasteiger partial charge in [0.2, 0.25) is 6.29 Å². The van der Waals surface area contributed by atoms with Crippen LogP contribution in [0.15, 0.2) is 63.8 Å². The molecule has 0 saturated carbocycles. The van der Waals surface area contributed by atoms with Crippen molar-refractivity contribution in [2.75, 3.05) is 34.0 Å². The Balaban J connectivity index is 1.13. The Bertz CT molecular complexity index is 2510. The van der Waals surface area contributed by atoms with Crippen LogP contribution in [0.3, 0.4) is 0 Å². The molecular formula is C44H50O24. The second-order valence-electron chi connectivity index (χ2n) is 16.0. The van der Waals surface area contributed by atoms with Crippen molar-refractivity contribution in [3.63, 3.8) is 0 Å². The van der Waals surface area contributed by atoms with Crippen LogP contribution >= 0.6 is 0 Å². The molecule has 24 nitrogen and oxygen atoms in total. The Hall–Kier alpha value is -5.68. The van der Waals surface area contributed by atoms with E-state index in [0.29, 0.717) is 5.56 Å². The van der Waals surface area contributed by atoms with Crippen LogP contribution in [-0.4, -0.2) is 192 Å². The summed E-state index contributed by atoms with van der Waals surface area (Å²) in [5.74, 6) is -2.95. The first-order valence-electron chi connectivity index (χ1n) is 20.8. The monoisotopic (exact) mass is 962 g/mol. The van der Waals surface area contributed by atoms with Crippen LogP contribution < -0.4 is 19.6 Å². The highest BCUT2D eigenvalue weighted by atomic mass is 16.7. The second kappa shape index (κ2) is 20.9. The van der Waals surface area contributed by atoms with E-state index < -0.39 is 151 Å². The number of aliphatic hydroxyl groups excluding tert-OH is 10. The zero-order chi connectivity index (χ0) is 49.3. The van der Waals surface area contributed by atoms with Crippen molar-refractivity contribution >= 4 is 23.0 Å². The van der Waals surface area contributed by atoms with Crippen molar-refractivity contribution in [2.45, 2.75) is 91.9 Å². The smallest absolute Gasteiger partial charge is 0.330 e. The number of aliphatic hydroxyl groups is 10. The van der Waals surface area contributed by atoms with Gasteiger partial charge in [-0.3, -0.25) is 4.79 Å². The van der Waals surface area contributed by atoms with Gasteiger partial charge < -0.3 is 109 Å². The van der Waals surface area contributed by atoms with Gasteiger partial charge in [-0.05, 0) is 42.0 Å². The van der Waals surface area contributed by atoms with Gasteiger partial charge in [-0.2, -0.15) is 0 Å². The molecule has 3 aromatic carbocycles. The van der Waals surface area contributed by atoms with Crippen LogP contribution in [0.5, 0.6) is 34.5 Å². The quantitative estimate of drug-likeness (QED) is 0.0454. The van der Waals surface area contributed by atoms with E-state index in [0.717, 1.165) is 18.2 Å². The van der Waals surface area contributed by atoms with Gasteiger partial charge in [0.15, 0.2) is 34.7 Å². The lowest BCUT2D eigenvalue weighted by Gasteiger charge is -2.46. The zero-order valence-corrected chi connectivity index (χ0v) is 35.9. The molecule has 68 heavy (non-hydrogen) atoms. The molecule has 370 valence electrons. The summed E-state index contributed by atoms with van der Waals surface area (Å²) in [6.07, 6.45) is -24.6. The van der Waals surface area contributed by atoms with E-state index in [9.17, 15) is 76.0 Å². The Kier molecular flexibility index (Phi) is 15.4. The summed E-state index contributed by atoms with van der Waals surface area (Å²) < 4.78 is 50.0. The van der Waals surface area contributed by atoms with Gasteiger partial charge in [-0.1, -0.05) is 6.07 Å². The SMILES string of the molecule is COc1cc(/C=C/C(=O)OCC2OC(OC3C(c4c(O)cc5oc(-c6ccc(OC7OC(CO)C(O)C(O)C7O)c(OC)c6)cc(=O)c5c4O)OC(CO)C(O)C3O)C(O)C(O)C2O)ccc1O. The molecule has 3 saturated heterocycles. The predicted molar refractivity (Wildman–Crippen MR) is 225 cm³/mol. The number of esters is 1. The summed E-state index contributed by atoms with van der Waals surface area (Å²) in [5.41, 5.74) is -1.30. The number of carbonyl (C=O) groups is 1. The number of fused-ring (bicyclic) bond motifs is 1. The zero-order valence-electron chi connectivity index (χ0n) is 35.9. The van der Waals surface area contributed by atoms with Gasteiger partial charge in [0.1, 0.15) is 114 Å². The van der Waals surface area contributed by atoms with Gasteiger partial charge in [0.05, 0.1) is 33.0 Å². The largest absolute Gasteiger partial charge is 0.507 e. The average Bonchev–Trinajstić information content (AvgIpc) is 3.32. The number of methoxy groups -OCH3 is 2. The molecule has 4 aromatic rings. The van der Waals surface area contributed by atoms with E-state index in [2.05, 4.69) is 0 Å². The van der Waals surface area contributed by atoms with Gasteiger partial charge >= 0.3 is 5.97 Å². The highest BCUT2D eigenvalue weighted by Gasteiger charge is 2.52. The highest BCUT2D eigenvalue weighted by molar-refractivity contribution is 5.88. The molecule has 0 aliphatic carbocycles. The normalized spacial score (nSPS) is 32.0. The van der Waals surface area contributed by atoms with Crippen molar-refractivity contribution in [3.8, 4) is 45.8 Å². The molecule has 0 amide bonds. The Labute approximate surface area is 383 Å². The maximum atomic E-state index is 13.8. The van der Waals surface area contributed by atoms with Crippen molar-refractivity contribution < 1.29 is 113 Å². The van der Waals surface area contributed by atoms with Crippen LogP contribution in [0, 0.1) is 0 Å². The summed E-state index contributed by atoms with van der Waals surface area (Å²) in [5, 5.41) is 137. The molecule has 24 heteroatoms. The fourth-order valence-corrected chi connectivity index (χ4v) is 7.91. The van der Waals surface area contributed by atoms with Gasteiger partial charge in [0.25, 0.3) is 0 Å². The first kappa shape index (κ1) is 50.2. The van der Waals surface area contributed by atoms with E-state index in [1.807, 2.05) is 0 Å². The van der Waals surface area contributed by atoms with Crippen molar-refractivity contribution in [1.82, 2.24) is 0 Å². The third kappa shape index (κ3) is 9.91. The van der Waals surface area contributed by atoms with Crippen LogP contribution in [0.25, 0.3) is 28.4 Å². The summed E-state index contributed by atoms with van der Waals surface area (Å²) in [4.78, 5) is 26.4. The molecule has 3 aliphatic heterocycles. The number of ether oxygens (including phenoxy) is 8. The summed E-state index contributed by atoms with van der Waals surface area (Å²) in [6.45, 7) is -2.36. The van der Waals surface area contributed by atoms with E-state index in [1.165, 1.54) is 56.7 Å². The number of phenolic OH excluding ortho intramolecular Hbond substituents is 3. The number of rotatable bonds is 14. The molecule has 0 bridgehead atoms. The van der Waals surface area contributed by atoms with E-state index in [4.69, 9.17) is 42.3 Å². The van der Waals surface area contributed by atoms with Gasteiger partial charge in [0, 0.05) is 23.8 Å². The first-order valence-corrected chi connectivity index (χ1v) is 20.8. The molecule has 3 fully saturated rings. The minimum atomic E-state index is -2.09. The van der Waals surface area contributed by atoms with E-state index in [1.54, 1.807) is 0 Å². The van der Waals surface area contributed by atoms with E-state index in [-0.39, 0.29) is 34.3 Å². The number of carbonyl (C=O) groups excluding carboxylic acids is 1. The molecule has 1 aromatic heterocycles. The molecule has 3 aliphatic rings. The molecular weight excluding hydrogens is 912 g/mol. The number of hydrogen-bond donors (Lipinski definition) is 13. The molecule has 13 N–H and O–H groups in total. The van der Waals surface area contributed by atoms with Crippen LogP contribution in [0.2, 0.25) is 0 Å². The summed E-state index contributed by atoms with van der Waals surface area (Å²) in [7, 11) is 2.59. The molecule has 15 atom stereocenters. The minimum absolute atomic E-state index is 0.00913. The maximum Gasteiger partial charge on any atom is 0.330 e. The molecule has 7 rings (SSSR count). The Morgan fingerprint density at radius 3 is 1.97 bits per heavy atom. The maximum absolute atomic E-state index is 13.8. The third-order valence-electron chi connectivity index (χ3n) is 11.7. The Morgan fingerprint density at radius 1 is 0.662 bits per heavy atom. The topological polar surface area (TPSA) is 384 Å². The lowest BCUT2D eigenvalue weighted by atomic mass is 9.89. The summed E-state index contributed by atoms with van der Waals surface area (Å²) >= 11 is 0. The third-order valence-corrected chi connectivity index (χ3v) is 11.7. The predicted octanol–water partition coefficient (Wildman–Crippen LogP) is -2.62. The van der Waals surface area contributed by atoms with Crippen LogP contribution in [-0.2, 0) is 28.5 Å². The minimum Gasteiger partial charge on any atom is -0.507 e. The highest BCUT2D eigenvalue weighted by Crippen LogP contribution is 2.47. The molecule has 0 spiro atoms.